The molecular weight excluding hydrogens is 395 g/mol. The number of fused-ring (bicyclic) bond motifs is 1. The lowest BCUT2D eigenvalue weighted by molar-refractivity contribution is -0.120. The third-order valence-corrected chi connectivity index (χ3v) is 5.49. The van der Waals surface area contributed by atoms with Crippen molar-refractivity contribution >= 4 is 45.8 Å². The molecule has 2 N–H and O–H groups in total. The van der Waals surface area contributed by atoms with Crippen LogP contribution in [0.5, 0.6) is 0 Å². The molecule has 0 unspecified atom stereocenters. The largest absolute Gasteiger partial charge is 0.449 e. The molecule has 150 valence electrons. The molecule has 0 radical (unpaired) electrons. The zero-order chi connectivity index (χ0) is 20.4. The molecule has 3 aromatic rings. The minimum Gasteiger partial charge on any atom is -0.449 e. The van der Waals surface area contributed by atoms with Crippen LogP contribution in [-0.4, -0.2) is 11.8 Å². The van der Waals surface area contributed by atoms with Gasteiger partial charge in [-0.3, -0.25) is 9.59 Å². The lowest BCUT2D eigenvalue weighted by atomic mass is 9.88. The van der Waals surface area contributed by atoms with E-state index in [9.17, 15) is 14.0 Å². The second-order valence-corrected chi connectivity index (χ2v) is 7.62. The van der Waals surface area contributed by atoms with Crippen molar-refractivity contribution in [2.75, 3.05) is 10.6 Å². The van der Waals surface area contributed by atoms with E-state index in [4.69, 9.17) is 16.0 Å². The monoisotopic (exact) mass is 414 g/mol. The molecule has 5 nitrogen and oxygen atoms in total. The Morgan fingerprint density at radius 1 is 1.03 bits per heavy atom. The fraction of sp³-hybridized carbons (Fsp3) is 0.273. The molecule has 1 aliphatic carbocycles. The highest BCUT2D eigenvalue weighted by Crippen LogP contribution is 2.33. The number of nitrogens with one attached hydrogen (secondary N) is 2. The van der Waals surface area contributed by atoms with Crippen LogP contribution in [0.15, 0.2) is 46.9 Å². The Kier molecular flexibility index (Phi) is 5.53. The average molecular weight is 415 g/mol. The normalized spacial score (nSPS) is 14.7. The summed E-state index contributed by atoms with van der Waals surface area (Å²) in [6.07, 6.45) is 4.90. The first-order valence-electron chi connectivity index (χ1n) is 9.62. The van der Waals surface area contributed by atoms with Gasteiger partial charge in [-0.2, -0.15) is 0 Å². The van der Waals surface area contributed by atoms with E-state index in [1.807, 2.05) is 6.07 Å². The second kappa shape index (κ2) is 8.25. The molecule has 0 aliphatic heterocycles. The van der Waals surface area contributed by atoms with Crippen LogP contribution >= 0.6 is 11.6 Å². The predicted molar refractivity (Wildman–Crippen MR) is 111 cm³/mol. The summed E-state index contributed by atoms with van der Waals surface area (Å²) in [7, 11) is 0. The summed E-state index contributed by atoms with van der Waals surface area (Å²) >= 11 is 5.79. The Morgan fingerprint density at radius 2 is 1.79 bits per heavy atom. The van der Waals surface area contributed by atoms with Gasteiger partial charge in [-0.05, 0) is 43.2 Å². The molecule has 0 spiro atoms. The zero-order valence-electron chi connectivity index (χ0n) is 15.6. The molecule has 0 atom stereocenters. The third-order valence-electron chi connectivity index (χ3n) is 5.20. The van der Waals surface area contributed by atoms with Gasteiger partial charge in [-0.25, -0.2) is 4.39 Å². The van der Waals surface area contributed by atoms with Gasteiger partial charge in [0.05, 0.1) is 5.02 Å². The molecular formula is C22H20ClFN2O3. The number of carbonyl (C=O) groups excluding carboxylic acids is 2. The maximum absolute atomic E-state index is 13.4. The number of carbonyl (C=O) groups is 2. The van der Waals surface area contributed by atoms with Crippen molar-refractivity contribution in [3.05, 3.63) is 59.1 Å². The van der Waals surface area contributed by atoms with Gasteiger partial charge in [0, 0.05) is 17.0 Å². The van der Waals surface area contributed by atoms with Gasteiger partial charge >= 0.3 is 0 Å². The predicted octanol–water partition coefficient (Wildman–Crippen LogP) is 6.00. The second-order valence-electron chi connectivity index (χ2n) is 7.21. The van der Waals surface area contributed by atoms with Gasteiger partial charge < -0.3 is 15.1 Å². The van der Waals surface area contributed by atoms with Crippen molar-refractivity contribution in [3.8, 4) is 0 Å². The number of benzene rings is 2. The fourth-order valence-corrected chi connectivity index (χ4v) is 3.86. The van der Waals surface area contributed by atoms with Crippen LogP contribution < -0.4 is 10.6 Å². The van der Waals surface area contributed by atoms with Crippen molar-refractivity contribution < 1.29 is 18.4 Å². The Balaban J connectivity index is 1.64. The molecule has 1 aliphatic rings. The highest BCUT2D eigenvalue weighted by Gasteiger charge is 2.26. The molecule has 1 saturated carbocycles. The van der Waals surface area contributed by atoms with Crippen molar-refractivity contribution in [1.29, 1.82) is 0 Å². The molecule has 4 rings (SSSR count). The highest BCUT2D eigenvalue weighted by atomic mass is 35.5. The van der Waals surface area contributed by atoms with E-state index in [0.29, 0.717) is 22.3 Å². The number of rotatable bonds is 4. The van der Waals surface area contributed by atoms with Crippen molar-refractivity contribution in [1.82, 2.24) is 0 Å². The molecule has 0 bridgehead atoms. The van der Waals surface area contributed by atoms with Crippen LogP contribution in [0.2, 0.25) is 5.02 Å². The number of para-hydroxylation sites is 1. The van der Waals surface area contributed by atoms with Crippen LogP contribution in [0.1, 0.15) is 42.7 Å². The van der Waals surface area contributed by atoms with E-state index in [1.54, 1.807) is 18.2 Å². The minimum atomic E-state index is -0.575. The SMILES string of the molecule is O=C(Nc1ccc(F)c(Cl)c1)c1oc2ccccc2c1NC(=O)C1CCCCC1. The lowest BCUT2D eigenvalue weighted by Crippen LogP contribution is -2.25. The van der Waals surface area contributed by atoms with Crippen LogP contribution in [0, 0.1) is 11.7 Å². The molecule has 7 heteroatoms. The minimum absolute atomic E-state index is 0.00388. The molecule has 1 heterocycles. The number of amides is 2. The van der Waals surface area contributed by atoms with Gasteiger partial charge in [0.25, 0.3) is 5.91 Å². The standard InChI is InChI=1S/C22H20ClFN2O3/c23-16-12-14(10-11-17(16)24)25-22(28)20-19(15-8-4-5-9-18(15)29-20)26-21(27)13-6-2-1-3-7-13/h4-5,8-13H,1-3,6-7H2,(H,25,28)(H,26,27). The summed E-state index contributed by atoms with van der Waals surface area (Å²) in [5.74, 6) is -1.30. The quantitative estimate of drug-likeness (QED) is 0.550. The molecule has 1 fully saturated rings. The molecule has 2 amide bonds. The van der Waals surface area contributed by atoms with E-state index in [-0.39, 0.29) is 22.6 Å². The van der Waals surface area contributed by atoms with E-state index in [1.165, 1.54) is 18.2 Å². The Hall–Kier alpha value is -2.86. The van der Waals surface area contributed by atoms with Gasteiger partial charge in [-0.15, -0.1) is 0 Å². The first-order valence-corrected chi connectivity index (χ1v) is 9.99. The first-order chi connectivity index (χ1) is 14.0. The summed E-state index contributed by atoms with van der Waals surface area (Å²) in [6.45, 7) is 0. The summed E-state index contributed by atoms with van der Waals surface area (Å²) < 4.78 is 19.1. The number of hydrogen-bond donors (Lipinski definition) is 2. The number of anilines is 2. The van der Waals surface area contributed by atoms with Crippen molar-refractivity contribution in [2.45, 2.75) is 32.1 Å². The van der Waals surface area contributed by atoms with E-state index in [2.05, 4.69) is 10.6 Å². The first kappa shape index (κ1) is 19.5. The molecule has 2 aromatic carbocycles. The summed E-state index contributed by atoms with van der Waals surface area (Å²) in [6, 6.07) is 11.0. The van der Waals surface area contributed by atoms with Gasteiger partial charge in [0.15, 0.2) is 0 Å². The van der Waals surface area contributed by atoms with Crippen LogP contribution in [-0.2, 0) is 4.79 Å². The Morgan fingerprint density at radius 3 is 2.55 bits per heavy atom. The summed E-state index contributed by atoms with van der Waals surface area (Å²) in [4.78, 5) is 25.6. The molecule has 1 aromatic heterocycles. The van der Waals surface area contributed by atoms with Gasteiger partial charge in [-0.1, -0.05) is 43.0 Å². The van der Waals surface area contributed by atoms with Gasteiger partial charge in [0.2, 0.25) is 11.7 Å². The smallest absolute Gasteiger partial charge is 0.293 e. The Labute approximate surface area is 172 Å². The number of hydrogen-bond acceptors (Lipinski definition) is 3. The lowest BCUT2D eigenvalue weighted by Gasteiger charge is -2.20. The van der Waals surface area contributed by atoms with E-state index >= 15 is 0 Å². The van der Waals surface area contributed by atoms with Crippen LogP contribution in [0.4, 0.5) is 15.8 Å². The highest BCUT2D eigenvalue weighted by molar-refractivity contribution is 6.31. The van der Waals surface area contributed by atoms with E-state index in [0.717, 1.165) is 32.1 Å². The van der Waals surface area contributed by atoms with Crippen molar-refractivity contribution in [3.63, 3.8) is 0 Å². The van der Waals surface area contributed by atoms with Crippen LogP contribution in [0.25, 0.3) is 11.0 Å². The van der Waals surface area contributed by atoms with Crippen LogP contribution in [0.3, 0.4) is 0 Å². The third kappa shape index (κ3) is 4.12. The van der Waals surface area contributed by atoms with E-state index < -0.39 is 11.7 Å². The molecule has 0 saturated heterocycles. The Bertz CT molecular complexity index is 1070. The average Bonchev–Trinajstić information content (AvgIpc) is 3.10. The van der Waals surface area contributed by atoms with Crippen molar-refractivity contribution in [2.24, 2.45) is 5.92 Å². The number of furan rings is 1. The topological polar surface area (TPSA) is 71.3 Å². The maximum Gasteiger partial charge on any atom is 0.293 e. The summed E-state index contributed by atoms with van der Waals surface area (Å²) in [5, 5.41) is 6.11. The van der Waals surface area contributed by atoms with Gasteiger partial charge in [0.1, 0.15) is 17.1 Å². The maximum atomic E-state index is 13.4. The molecule has 29 heavy (non-hydrogen) atoms. The fourth-order valence-electron chi connectivity index (χ4n) is 3.68. The number of halogens is 2. The zero-order valence-corrected chi connectivity index (χ0v) is 16.4. The summed E-state index contributed by atoms with van der Waals surface area (Å²) in [5.41, 5.74) is 1.17.